The normalized spacial score (nSPS) is 11.5. The van der Waals surface area contributed by atoms with Crippen LogP contribution < -0.4 is 9.46 Å². The summed E-state index contributed by atoms with van der Waals surface area (Å²) in [7, 11) is -2.80. The maximum Gasteiger partial charge on any atom is 0.261 e. The highest BCUT2D eigenvalue weighted by molar-refractivity contribution is 7.92. The van der Waals surface area contributed by atoms with Crippen molar-refractivity contribution in [3.8, 4) is 5.88 Å². The lowest BCUT2D eigenvalue weighted by Gasteiger charge is -2.11. The first-order valence-corrected chi connectivity index (χ1v) is 10.7. The third-order valence-corrected chi connectivity index (χ3v) is 6.13. The summed E-state index contributed by atoms with van der Waals surface area (Å²) in [6.45, 7) is -0.740. The second-order valence-electron chi connectivity index (χ2n) is 6.69. The van der Waals surface area contributed by atoms with Crippen LogP contribution in [0.3, 0.4) is 0 Å². The molecule has 0 saturated heterocycles. The maximum absolute atomic E-state index is 15.2. The molecule has 0 aliphatic carbocycles. The van der Waals surface area contributed by atoms with Gasteiger partial charge in [0, 0.05) is 6.20 Å². The Labute approximate surface area is 181 Å². The molecule has 0 saturated carbocycles. The highest BCUT2D eigenvalue weighted by Crippen LogP contribution is 2.29. The predicted octanol–water partition coefficient (Wildman–Crippen LogP) is 3.61. The van der Waals surface area contributed by atoms with E-state index in [0.29, 0.717) is 11.2 Å². The topological polar surface area (TPSA) is 114 Å². The van der Waals surface area contributed by atoms with E-state index in [1.807, 2.05) is 0 Å². The first-order valence-electron chi connectivity index (χ1n) is 9.22. The fourth-order valence-electron chi connectivity index (χ4n) is 3.16. The minimum atomic E-state index is -4.17. The number of anilines is 1. The molecule has 2 aromatic carbocycles. The third-order valence-electron chi connectivity index (χ3n) is 4.75. The van der Waals surface area contributed by atoms with Crippen molar-refractivity contribution < 1.29 is 26.7 Å². The number of sulfonamides is 1. The summed E-state index contributed by atoms with van der Waals surface area (Å²) in [5.41, 5.74) is -0.0634. The SMILES string of the molecule is COc1ncnc2[nH]cc(C(=O)c3cccc(NS(=O)(=O)c4ccc(CF)cc4)c3F)c12. The van der Waals surface area contributed by atoms with Gasteiger partial charge in [-0.2, -0.15) is 0 Å². The average Bonchev–Trinajstić information content (AvgIpc) is 3.24. The van der Waals surface area contributed by atoms with Crippen molar-refractivity contribution in [3.63, 3.8) is 0 Å². The number of rotatable bonds is 7. The second-order valence-corrected chi connectivity index (χ2v) is 8.37. The molecule has 0 spiro atoms. The summed E-state index contributed by atoms with van der Waals surface area (Å²) >= 11 is 0. The number of carbonyl (C=O) groups is 1. The Morgan fingerprint density at radius 2 is 1.88 bits per heavy atom. The number of carbonyl (C=O) groups excluding carboxylic acids is 1. The van der Waals surface area contributed by atoms with Gasteiger partial charge in [-0.1, -0.05) is 18.2 Å². The van der Waals surface area contributed by atoms with Crippen LogP contribution in [0.5, 0.6) is 5.88 Å². The van der Waals surface area contributed by atoms with Gasteiger partial charge in [-0.05, 0) is 29.8 Å². The quantitative estimate of drug-likeness (QED) is 0.409. The minimum Gasteiger partial charge on any atom is -0.480 e. The fraction of sp³-hybridized carbons (Fsp3) is 0.0952. The third kappa shape index (κ3) is 3.78. The number of aromatic nitrogens is 3. The van der Waals surface area contributed by atoms with Crippen molar-refractivity contribution in [1.29, 1.82) is 0 Å². The van der Waals surface area contributed by atoms with Gasteiger partial charge in [0.1, 0.15) is 18.6 Å². The van der Waals surface area contributed by atoms with Crippen molar-refractivity contribution >= 4 is 32.5 Å². The lowest BCUT2D eigenvalue weighted by molar-refractivity contribution is 0.103. The number of nitrogens with zero attached hydrogens (tertiary/aromatic N) is 2. The summed E-state index contributed by atoms with van der Waals surface area (Å²) in [6, 6.07) is 8.83. The molecule has 0 radical (unpaired) electrons. The maximum atomic E-state index is 15.2. The molecule has 0 unspecified atom stereocenters. The van der Waals surface area contributed by atoms with Gasteiger partial charge in [-0.3, -0.25) is 9.52 Å². The van der Waals surface area contributed by atoms with Crippen molar-refractivity contribution in [1.82, 2.24) is 15.0 Å². The Bertz CT molecular complexity index is 1420. The first kappa shape index (κ1) is 21.4. The van der Waals surface area contributed by atoms with Crippen LogP contribution in [-0.2, 0) is 16.7 Å². The Hall–Kier alpha value is -3.86. The number of hydrogen-bond donors (Lipinski definition) is 2. The molecule has 164 valence electrons. The molecule has 4 rings (SSSR count). The molecule has 0 fully saturated rings. The number of halogens is 2. The number of hydrogen-bond acceptors (Lipinski definition) is 6. The summed E-state index contributed by atoms with van der Waals surface area (Å²) in [6.07, 6.45) is 2.61. The van der Waals surface area contributed by atoms with E-state index in [4.69, 9.17) is 4.74 Å². The van der Waals surface area contributed by atoms with Crippen LogP contribution in [0.1, 0.15) is 21.5 Å². The van der Waals surface area contributed by atoms with E-state index >= 15 is 4.39 Å². The molecule has 0 aliphatic rings. The standard InChI is InChI=1S/C21H16F2N4O4S/c1-31-21-17-15(10-24-20(17)25-11-26-21)19(28)14-3-2-4-16(18(14)23)27-32(29,30)13-7-5-12(9-22)6-8-13/h2-8,10-11,27H,9H2,1H3,(H,24,25,26). The van der Waals surface area contributed by atoms with Gasteiger partial charge in [0.05, 0.1) is 34.2 Å². The van der Waals surface area contributed by atoms with E-state index in [1.165, 1.54) is 62.1 Å². The number of aromatic amines is 1. The van der Waals surface area contributed by atoms with E-state index in [0.717, 1.165) is 0 Å². The number of benzene rings is 2. The van der Waals surface area contributed by atoms with Crippen LogP contribution >= 0.6 is 0 Å². The molecule has 2 aromatic heterocycles. The fourth-order valence-corrected chi connectivity index (χ4v) is 4.22. The van der Waals surface area contributed by atoms with Crippen LogP contribution in [0.2, 0.25) is 0 Å². The summed E-state index contributed by atoms with van der Waals surface area (Å²) in [5, 5.41) is 0.276. The summed E-state index contributed by atoms with van der Waals surface area (Å²) in [5.74, 6) is -1.63. The van der Waals surface area contributed by atoms with Crippen molar-refractivity contribution in [2.45, 2.75) is 11.6 Å². The van der Waals surface area contributed by atoms with Crippen molar-refractivity contribution in [3.05, 3.63) is 77.5 Å². The smallest absolute Gasteiger partial charge is 0.261 e. The van der Waals surface area contributed by atoms with Crippen LogP contribution in [0.4, 0.5) is 14.5 Å². The lowest BCUT2D eigenvalue weighted by atomic mass is 10.0. The van der Waals surface area contributed by atoms with E-state index in [2.05, 4.69) is 19.7 Å². The van der Waals surface area contributed by atoms with Gasteiger partial charge in [-0.25, -0.2) is 27.2 Å². The number of fused-ring (bicyclic) bond motifs is 1. The Kier molecular flexibility index (Phi) is 5.57. The molecule has 0 atom stereocenters. The Morgan fingerprint density at radius 1 is 1.12 bits per heavy atom. The Morgan fingerprint density at radius 3 is 2.56 bits per heavy atom. The average molecular weight is 458 g/mol. The predicted molar refractivity (Wildman–Crippen MR) is 112 cm³/mol. The highest BCUT2D eigenvalue weighted by Gasteiger charge is 2.24. The second kappa shape index (κ2) is 8.35. The van der Waals surface area contributed by atoms with Crippen molar-refractivity contribution in [2.75, 3.05) is 11.8 Å². The van der Waals surface area contributed by atoms with Crippen LogP contribution in [0.15, 0.2) is 59.9 Å². The number of H-pyrrole nitrogens is 1. The zero-order valence-electron chi connectivity index (χ0n) is 16.6. The van der Waals surface area contributed by atoms with E-state index in [9.17, 15) is 17.6 Å². The zero-order chi connectivity index (χ0) is 22.9. The van der Waals surface area contributed by atoms with Gasteiger partial charge >= 0.3 is 0 Å². The molecule has 0 amide bonds. The molecule has 2 heterocycles. The molecular formula is C21H16F2N4O4S. The molecule has 4 aromatic rings. The van der Waals surface area contributed by atoms with E-state index in [1.54, 1.807) is 0 Å². The molecular weight excluding hydrogens is 442 g/mol. The number of alkyl halides is 1. The van der Waals surface area contributed by atoms with Gasteiger partial charge in [-0.15, -0.1) is 0 Å². The number of nitrogens with one attached hydrogen (secondary N) is 2. The van der Waals surface area contributed by atoms with Crippen molar-refractivity contribution in [2.24, 2.45) is 0 Å². The largest absolute Gasteiger partial charge is 0.480 e. The molecule has 0 bridgehead atoms. The van der Waals surface area contributed by atoms with Crippen LogP contribution in [0, 0.1) is 5.82 Å². The monoisotopic (exact) mass is 458 g/mol. The van der Waals surface area contributed by atoms with Gasteiger partial charge in [0.25, 0.3) is 10.0 Å². The lowest BCUT2D eigenvalue weighted by Crippen LogP contribution is -2.15. The Balaban J connectivity index is 1.71. The van der Waals surface area contributed by atoms with Gasteiger partial charge in [0.2, 0.25) is 5.88 Å². The number of ether oxygens (including phenoxy) is 1. The van der Waals surface area contributed by atoms with Gasteiger partial charge in [0.15, 0.2) is 11.6 Å². The van der Waals surface area contributed by atoms with Crippen LogP contribution in [0.25, 0.3) is 11.0 Å². The first-order chi connectivity index (χ1) is 15.4. The molecule has 2 N–H and O–H groups in total. The van der Waals surface area contributed by atoms with Crippen LogP contribution in [-0.4, -0.2) is 36.3 Å². The van der Waals surface area contributed by atoms with E-state index in [-0.39, 0.29) is 27.3 Å². The number of methoxy groups -OCH3 is 1. The molecule has 8 nitrogen and oxygen atoms in total. The molecule has 32 heavy (non-hydrogen) atoms. The van der Waals surface area contributed by atoms with E-state index < -0.39 is 34.0 Å². The zero-order valence-corrected chi connectivity index (χ0v) is 17.4. The van der Waals surface area contributed by atoms with Gasteiger partial charge < -0.3 is 9.72 Å². The summed E-state index contributed by atoms with van der Waals surface area (Å²) < 4.78 is 60.4. The molecule has 11 heteroatoms. The molecule has 0 aliphatic heterocycles. The highest BCUT2D eigenvalue weighted by atomic mass is 32.2. The minimum absolute atomic E-state index is 0.0677. The summed E-state index contributed by atoms with van der Waals surface area (Å²) in [4.78, 5) is 23.7. The number of ketones is 1.